The fourth-order valence-corrected chi connectivity index (χ4v) is 3.94. The molecule has 30 heavy (non-hydrogen) atoms. The maximum Gasteiger partial charge on any atom is 1.00 e. The van der Waals surface area contributed by atoms with Gasteiger partial charge in [0.1, 0.15) is 16.0 Å². The standard InChI is InChI=1S/C22H19N3O3S.K/c26-29(27,28)16-25-18(12-11-17-7-1-2-10-22(17)25)15-19(20-8-3-5-13-23-20)21-9-4-6-14-24-21;/h1-15,19H,16H2,(H,26,27,28);/q;+1/p-1/b18-15+;. The summed E-state index contributed by atoms with van der Waals surface area (Å²) < 4.78 is 34.8. The molecule has 0 fully saturated rings. The zero-order chi connectivity index (χ0) is 20.3. The monoisotopic (exact) mass is 443 g/mol. The van der Waals surface area contributed by atoms with Crippen molar-refractivity contribution in [2.45, 2.75) is 5.92 Å². The van der Waals surface area contributed by atoms with Gasteiger partial charge in [0, 0.05) is 23.8 Å². The molecule has 0 radical (unpaired) electrons. The number of aromatic nitrogens is 2. The molecule has 0 unspecified atom stereocenters. The van der Waals surface area contributed by atoms with Gasteiger partial charge >= 0.3 is 51.4 Å². The van der Waals surface area contributed by atoms with Crippen LogP contribution in [0.25, 0.3) is 6.08 Å². The van der Waals surface area contributed by atoms with Gasteiger partial charge in [-0.2, -0.15) is 0 Å². The summed E-state index contributed by atoms with van der Waals surface area (Å²) in [6.07, 6.45) is 9.02. The molecular formula is C22H18KN3O3S. The zero-order valence-corrected chi connectivity index (χ0v) is 20.4. The predicted octanol–water partition coefficient (Wildman–Crippen LogP) is 0.533. The Morgan fingerprint density at radius 1 is 0.900 bits per heavy atom. The minimum atomic E-state index is -4.49. The predicted molar refractivity (Wildman–Crippen MR) is 111 cm³/mol. The van der Waals surface area contributed by atoms with Crippen LogP contribution in [0, 0.1) is 0 Å². The molecule has 146 valence electrons. The van der Waals surface area contributed by atoms with Gasteiger partial charge in [-0.25, -0.2) is 8.42 Å². The maximum absolute atomic E-state index is 11.6. The van der Waals surface area contributed by atoms with Crippen LogP contribution in [0.5, 0.6) is 0 Å². The van der Waals surface area contributed by atoms with Gasteiger partial charge < -0.3 is 9.45 Å². The molecule has 0 spiro atoms. The number of hydrogen-bond acceptors (Lipinski definition) is 6. The molecule has 0 saturated heterocycles. The summed E-state index contributed by atoms with van der Waals surface area (Å²) in [5.74, 6) is -0.962. The van der Waals surface area contributed by atoms with Crippen LogP contribution in [0.4, 0.5) is 5.69 Å². The summed E-state index contributed by atoms with van der Waals surface area (Å²) in [4.78, 5) is 10.4. The zero-order valence-electron chi connectivity index (χ0n) is 16.4. The van der Waals surface area contributed by atoms with Crippen LogP contribution in [0.2, 0.25) is 0 Å². The first-order valence-corrected chi connectivity index (χ1v) is 10.6. The van der Waals surface area contributed by atoms with Crippen molar-refractivity contribution in [1.82, 2.24) is 9.97 Å². The number of fused-ring (bicyclic) bond motifs is 1. The number of nitrogens with zero attached hydrogens (tertiary/aromatic N) is 3. The Morgan fingerprint density at radius 2 is 1.50 bits per heavy atom. The molecule has 8 heteroatoms. The molecule has 0 saturated carbocycles. The van der Waals surface area contributed by atoms with E-state index in [1.54, 1.807) is 18.5 Å². The van der Waals surface area contributed by atoms with Gasteiger partial charge in [-0.3, -0.25) is 9.97 Å². The van der Waals surface area contributed by atoms with Crippen LogP contribution in [-0.2, 0) is 10.1 Å². The molecule has 0 bridgehead atoms. The van der Waals surface area contributed by atoms with E-state index in [9.17, 15) is 13.0 Å². The van der Waals surface area contributed by atoms with Crippen LogP contribution in [0.15, 0.2) is 90.9 Å². The Hall–Kier alpha value is -1.65. The molecule has 0 amide bonds. The number of benzene rings is 1. The van der Waals surface area contributed by atoms with Crippen molar-refractivity contribution in [3.63, 3.8) is 0 Å². The third-order valence-electron chi connectivity index (χ3n) is 4.61. The summed E-state index contributed by atoms with van der Waals surface area (Å²) in [6.45, 7) is 0. The van der Waals surface area contributed by atoms with E-state index in [-0.39, 0.29) is 57.3 Å². The van der Waals surface area contributed by atoms with Crippen LogP contribution in [-0.4, -0.2) is 28.8 Å². The summed E-state index contributed by atoms with van der Waals surface area (Å²) in [7, 11) is -4.49. The Balaban J connectivity index is 0.00000256. The van der Waals surface area contributed by atoms with Crippen LogP contribution >= 0.6 is 0 Å². The Bertz CT molecular complexity index is 1130. The Kier molecular flexibility index (Phi) is 7.75. The van der Waals surface area contributed by atoms with Gasteiger partial charge in [0.05, 0.1) is 17.3 Å². The molecule has 2 aromatic heterocycles. The van der Waals surface area contributed by atoms with Crippen molar-refractivity contribution >= 4 is 21.9 Å². The fraction of sp³-hybridized carbons (Fsp3) is 0.0909. The molecule has 3 aromatic rings. The molecule has 0 N–H and O–H groups in total. The van der Waals surface area contributed by atoms with E-state index in [0.717, 1.165) is 17.0 Å². The van der Waals surface area contributed by atoms with E-state index in [4.69, 9.17) is 0 Å². The van der Waals surface area contributed by atoms with E-state index in [2.05, 4.69) is 9.97 Å². The summed E-state index contributed by atoms with van der Waals surface area (Å²) >= 11 is 0. The van der Waals surface area contributed by atoms with E-state index in [0.29, 0.717) is 11.4 Å². The largest absolute Gasteiger partial charge is 1.00 e. The number of hydrogen-bond donors (Lipinski definition) is 0. The first-order valence-electron chi connectivity index (χ1n) is 9.03. The first kappa shape index (κ1) is 23.0. The molecule has 0 aliphatic carbocycles. The quantitative estimate of drug-likeness (QED) is 0.422. The smallest absolute Gasteiger partial charge is 0.747 e. The van der Waals surface area contributed by atoms with E-state index in [1.165, 1.54) is 4.90 Å². The van der Waals surface area contributed by atoms with Gasteiger partial charge in [0.15, 0.2) is 0 Å². The summed E-state index contributed by atoms with van der Waals surface area (Å²) in [5, 5.41) is 0. The van der Waals surface area contributed by atoms with E-state index >= 15 is 0 Å². The average Bonchev–Trinajstić information content (AvgIpc) is 2.73. The van der Waals surface area contributed by atoms with Crippen LogP contribution < -0.4 is 56.3 Å². The maximum atomic E-state index is 11.6. The van der Waals surface area contributed by atoms with Crippen molar-refractivity contribution in [1.29, 1.82) is 0 Å². The van der Waals surface area contributed by atoms with Gasteiger partial charge in [0.25, 0.3) is 0 Å². The van der Waals surface area contributed by atoms with E-state index in [1.807, 2.05) is 72.8 Å². The second-order valence-electron chi connectivity index (χ2n) is 6.59. The summed E-state index contributed by atoms with van der Waals surface area (Å²) in [6, 6.07) is 18.6. The molecule has 3 heterocycles. The van der Waals surface area contributed by atoms with Gasteiger partial charge in [0.2, 0.25) is 0 Å². The van der Waals surface area contributed by atoms with Crippen molar-refractivity contribution in [3.05, 3.63) is 108 Å². The number of anilines is 1. The Labute approximate surface area is 218 Å². The third-order valence-corrected chi connectivity index (χ3v) is 5.18. The average molecular weight is 444 g/mol. The minimum Gasteiger partial charge on any atom is -0.747 e. The number of para-hydroxylation sites is 1. The van der Waals surface area contributed by atoms with Gasteiger partial charge in [-0.1, -0.05) is 36.4 Å². The van der Waals surface area contributed by atoms with Crippen molar-refractivity contribution in [3.8, 4) is 0 Å². The van der Waals surface area contributed by atoms with Gasteiger partial charge in [-0.15, -0.1) is 0 Å². The molecule has 1 aliphatic heterocycles. The minimum absolute atomic E-state index is 0. The second kappa shape index (κ2) is 10.1. The number of allylic oxidation sites excluding steroid dienone is 2. The normalized spacial score (nSPS) is 14.5. The van der Waals surface area contributed by atoms with Crippen molar-refractivity contribution in [2.24, 2.45) is 0 Å². The number of pyridine rings is 2. The first-order chi connectivity index (χ1) is 14.0. The SMILES string of the molecule is O=S(=O)([O-])CN1/C(=C/C(c2ccccn2)c2ccccn2)C=Cc2ccccc21.[K+]. The van der Waals surface area contributed by atoms with Crippen LogP contribution in [0.1, 0.15) is 22.9 Å². The molecule has 4 rings (SSSR count). The Morgan fingerprint density at radius 3 is 2.07 bits per heavy atom. The topological polar surface area (TPSA) is 86.2 Å². The number of rotatable bonds is 5. The van der Waals surface area contributed by atoms with E-state index < -0.39 is 16.0 Å². The van der Waals surface area contributed by atoms with Crippen LogP contribution in [0.3, 0.4) is 0 Å². The summed E-state index contributed by atoms with van der Waals surface area (Å²) in [5.41, 5.74) is 3.66. The van der Waals surface area contributed by atoms with Crippen molar-refractivity contribution in [2.75, 3.05) is 10.8 Å². The molecule has 0 atom stereocenters. The van der Waals surface area contributed by atoms with Crippen molar-refractivity contribution < 1.29 is 64.4 Å². The molecule has 1 aliphatic rings. The third kappa shape index (κ3) is 5.53. The molecule has 1 aromatic carbocycles. The molecule has 6 nitrogen and oxygen atoms in total. The second-order valence-corrected chi connectivity index (χ2v) is 7.96. The molecular weight excluding hydrogens is 425 g/mol. The van der Waals surface area contributed by atoms with Gasteiger partial charge in [-0.05, 0) is 48.0 Å². The fourth-order valence-electron chi connectivity index (χ4n) is 3.34.